The number of nitrogens with zero attached hydrogens (tertiary/aromatic N) is 5. The summed E-state index contributed by atoms with van der Waals surface area (Å²) in [7, 11) is 3.95. The summed E-state index contributed by atoms with van der Waals surface area (Å²) in [6, 6.07) is 0.414. The Bertz CT molecular complexity index is 433. The number of likely N-dealkylation sites (N-methyl/N-ethyl adjacent to an activating group) is 2. The molecule has 118 valence electrons. The van der Waals surface area contributed by atoms with Gasteiger partial charge in [0.05, 0.1) is 6.54 Å². The second kappa shape index (κ2) is 7.54. The Labute approximate surface area is 127 Å². The lowest BCUT2D eigenvalue weighted by Crippen LogP contribution is -2.46. The van der Waals surface area contributed by atoms with Crippen LogP contribution >= 0.6 is 0 Å². The summed E-state index contributed by atoms with van der Waals surface area (Å²) in [5.74, 6) is 0.843. The van der Waals surface area contributed by atoms with E-state index in [9.17, 15) is 4.79 Å². The second-order valence-corrected chi connectivity index (χ2v) is 6.27. The first kappa shape index (κ1) is 15.9. The number of hydrogen-bond donors (Lipinski definition) is 0. The smallest absolute Gasteiger partial charge is 0.236 e. The summed E-state index contributed by atoms with van der Waals surface area (Å²) in [4.78, 5) is 16.4. The van der Waals surface area contributed by atoms with Gasteiger partial charge in [0.15, 0.2) is 0 Å². The third kappa shape index (κ3) is 4.52. The molecule has 1 heterocycles. The van der Waals surface area contributed by atoms with Crippen molar-refractivity contribution in [2.24, 2.45) is 5.92 Å². The van der Waals surface area contributed by atoms with Gasteiger partial charge in [-0.25, -0.2) is 0 Å². The minimum Gasteiger partial charge on any atom is -0.341 e. The fraction of sp³-hybridized carbons (Fsp3) is 0.800. The molecule has 6 heteroatoms. The van der Waals surface area contributed by atoms with E-state index in [0.29, 0.717) is 18.5 Å². The first-order chi connectivity index (χ1) is 10.1. The quantitative estimate of drug-likeness (QED) is 0.792. The molecule has 0 N–H and O–H groups in total. The molecule has 1 aromatic rings. The molecule has 1 amide bonds. The summed E-state index contributed by atoms with van der Waals surface area (Å²) >= 11 is 0. The van der Waals surface area contributed by atoms with Crippen LogP contribution in [0.25, 0.3) is 0 Å². The Morgan fingerprint density at radius 1 is 1.24 bits per heavy atom. The van der Waals surface area contributed by atoms with Gasteiger partial charge in [0.1, 0.15) is 12.7 Å². The predicted molar refractivity (Wildman–Crippen MR) is 81.7 cm³/mol. The van der Waals surface area contributed by atoms with E-state index < -0.39 is 0 Å². The summed E-state index contributed by atoms with van der Waals surface area (Å²) < 4.78 is 1.92. The normalized spacial score (nSPS) is 22.5. The van der Waals surface area contributed by atoms with Crippen molar-refractivity contribution in [3.8, 4) is 0 Å². The van der Waals surface area contributed by atoms with Crippen LogP contribution in [0.4, 0.5) is 0 Å². The molecule has 0 saturated heterocycles. The number of amides is 1. The minimum absolute atomic E-state index is 0.222. The summed E-state index contributed by atoms with van der Waals surface area (Å²) in [5, 5.41) is 7.56. The van der Waals surface area contributed by atoms with E-state index in [2.05, 4.69) is 22.0 Å². The molecule has 1 aromatic heterocycles. The molecule has 0 aliphatic heterocycles. The van der Waals surface area contributed by atoms with Crippen molar-refractivity contribution >= 4 is 5.91 Å². The Balaban J connectivity index is 1.76. The van der Waals surface area contributed by atoms with E-state index in [-0.39, 0.29) is 5.91 Å². The van der Waals surface area contributed by atoms with E-state index >= 15 is 0 Å². The highest BCUT2D eigenvalue weighted by Crippen LogP contribution is 2.27. The first-order valence-electron chi connectivity index (χ1n) is 7.84. The van der Waals surface area contributed by atoms with Crippen molar-refractivity contribution in [2.75, 3.05) is 27.2 Å². The van der Waals surface area contributed by atoms with Gasteiger partial charge in [-0.3, -0.25) is 9.69 Å². The van der Waals surface area contributed by atoms with Crippen molar-refractivity contribution in [3.05, 3.63) is 12.7 Å². The average molecular weight is 293 g/mol. The van der Waals surface area contributed by atoms with Crippen molar-refractivity contribution in [1.29, 1.82) is 0 Å². The fourth-order valence-electron chi connectivity index (χ4n) is 3.10. The third-order valence-corrected chi connectivity index (χ3v) is 4.57. The number of aromatic nitrogens is 3. The van der Waals surface area contributed by atoms with Crippen LogP contribution in [0.1, 0.15) is 32.6 Å². The van der Waals surface area contributed by atoms with Crippen LogP contribution in [0, 0.1) is 5.92 Å². The lowest BCUT2D eigenvalue weighted by Gasteiger charge is -2.37. The summed E-state index contributed by atoms with van der Waals surface area (Å²) in [6.45, 7) is 4.36. The summed E-state index contributed by atoms with van der Waals surface area (Å²) in [5.41, 5.74) is 0. The number of hydrogen-bond acceptors (Lipinski definition) is 4. The van der Waals surface area contributed by atoms with E-state index in [1.807, 2.05) is 23.6 Å². The van der Waals surface area contributed by atoms with Gasteiger partial charge < -0.3 is 9.47 Å². The highest BCUT2D eigenvalue weighted by atomic mass is 16.2. The van der Waals surface area contributed by atoms with Crippen LogP contribution in [0.2, 0.25) is 0 Å². The Morgan fingerprint density at radius 2 is 1.90 bits per heavy atom. The lowest BCUT2D eigenvalue weighted by atomic mass is 9.85. The zero-order valence-corrected chi connectivity index (χ0v) is 13.4. The zero-order valence-electron chi connectivity index (χ0n) is 13.4. The molecule has 1 aliphatic carbocycles. The highest BCUT2D eigenvalue weighted by molar-refractivity contribution is 5.78. The Hall–Kier alpha value is -1.43. The molecule has 0 spiro atoms. The molecule has 1 aliphatic rings. The molecule has 2 atom stereocenters. The van der Waals surface area contributed by atoms with Gasteiger partial charge in [-0.15, -0.1) is 10.2 Å². The Morgan fingerprint density at radius 3 is 2.57 bits per heavy atom. The van der Waals surface area contributed by atoms with Crippen molar-refractivity contribution in [1.82, 2.24) is 24.6 Å². The van der Waals surface area contributed by atoms with Crippen LogP contribution in [-0.4, -0.2) is 63.7 Å². The topological polar surface area (TPSA) is 54.3 Å². The molecule has 0 radical (unpaired) electrons. The van der Waals surface area contributed by atoms with Crippen LogP contribution < -0.4 is 0 Å². The maximum Gasteiger partial charge on any atom is 0.236 e. The van der Waals surface area contributed by atoms with Gasteiger partial charge in [0, 0.05) is 26.2 Å². The molecule has 1 fully saturated rings. The molecule has 6 nitrogen and oxygen atoms in total. The summed E-state index contributed by atoms with van der Waals surface area (Å²) in [6.07, 6.45) is 8.34. The van der Waals surface area contributed by atoms with Crippen molar-refractivity contribution in [3.63, 3.8) is 0 Å². The van der Waals surface area contributed by atoms with Gasteiger partial charge in [0.25, 0.3) is 0 Å². The van der Waals surface area contributed by atoms with E-state index in [1.54, 1.807) is 12.7 Å². The molecule has 2 rings (SSSR count). The van der Waals surface area contributed by atoms with Gasteiger partial charge in [-0.05, 0) is 25.8 Å². The minimum atomic E-state index is 0.222. The SMILES string of the molecule is CC1CCCCC1N(C)C(=O)CN(C)CCn1cnnc1. The van der Waals surface area contributed by atoms with Crippen LogP contribution in [0.15, 0.2) is 12.7 Å². The van der Waals surface area contributed by atoms with E-state index in [1.165, 1.54) is 19.3 Å². The van der Waals surface area contributed by atoms with Crippen LogP contribution in [0.3, 0.4) is 0 Å². The maximum atomic E-state index is 12.4. The average Bonchev–Trinajstić information content (AvgIpc) is 2.98. The van der Waals surface area contributed by atoms with Gasteiger partial charge >= 0.3 is 0 Å². The van der Waals surface area contributed by atoms with Crippen molar-refractivity contribution in [2.45, 2.75) is 45.2 Å². The number of carbonyl (C=O) groups excluding carboxylic acids is 1. The van der Waals surface area contributed by atoms with Crippen molar-refractivity contribution < 1.29 is 4.79 Å². The fourth-order valence-corrected chi connectivity index (χ4v) is 3.10. The molecular formula is C15H27N5O. The molecule has 2 unspecified atom stereocenters. The van der Waals surface area contributed by atoms with Gasteiger partial charge in [-0.1, -0.05) is 19.8 Å². The van der Waals surface area contributed by atoms with Gasteiger partial charge in [-0.2, -0.15) is 0 Å². The molecular weight excluding hydrogens is 266 g/mol. The lowest BCUT2D eigenvalue weighted by molar-refractivity contribution is -0.134. The van der Waals surface area contributed by atoms with E-state index in [4.69, 9.17) is 0 Å². The number of rotatable bonds is 6. The highest BCUT2D eigenvalue weighted by Gasteiger charge is 2.27. The largest absolute Gasteiger partial charge is 0.341 e. The molecule has 0 bridgehead atoms. The third-order valence-electron chi connectivity index (χ3n) is 4.57. The maximum absolute atomic E-state index is 12.4. The zero-order chi connectivity index (χ0) is 15.2. The second-order valence-electron chi connectivity index (χ2n) is 6.27. The number of carbonyl (C=O) groups is 1. The molecule has 0 aromatic carbocycles. The Kier molecular flexibility index (Phi) is 5.73. The molecule has 21 heavy (non-hydrogen) atoms. The first-order valence-corrected chi connectivity index (χ1v) is 7.84. The standard InChI is InChI=1S/C15H27N5O/c1-13-6-4-5-7-14(13)19(3)15(21)10-18(2)8-9-20-11-16-17-12-20/h11-14H,4-10H2,1-3H3. The predicted octanol–water partition coefficient (Wildman–Crippen LogP) is 1.25. The molecule has 1 saturated carbocycles. The van der Waals surface area contributed by atoms with Crippen LogP contribution in [-0.2, 0) is 11.3 Å². The monoisotopic (exact) mass is 293 g/mol. The van der Waals surface area contributed by atoms with Crippen LogP contribution in [0.5, 0.6) is 0 Å². The van der Waals surface area contributed by atoms with E-state index in [0.717, 1.165) is 19.5 Å². The van der Waals surface area contributed by atoms with Gasteiger partial charge in [0.2, 0.25) is 5.91 Å².